The molecule has 10 nitrogen and oxygen atoms in total. The minimum absolute atomic E-state index is 0.0470. The Bertz CT molecular complexity index is 932. The quantitative estimate of drug-likeness (QED) is 0.715. The van der Waals surface area contributed by atoms with Gasteiger partial charge in [0.15, 0.2) is 0 Å². The first-order valence-electron chi connectivity index (χ1n) is 9.06. The van der Waals surface area contributed by atoms with Crippen molar-refractivity contribution in [3.05, 3.63) is 29.7 Å². The Morgan fingerprint density at radius 3 is 2.54 bits per heavy atom. The molecular formula is C17H25N7O3S. The number of nitrogens with one attached hydrogen (secondary N) is 2. The summed E-state index contributed by atoms with van der Waals surface area (Å²) >= 11 is 0. The highest BCUT2D eigenvalue weighted by Crippen LogP contribution is 2.21. The summed E-state index contributed by atoms with van der Waals surface area (Å²) in [4.78, 5) is 17.5. The fourth-order valence-corrected chi connectivity index (χ4v) is 4.09. The molecule has 1 amide bonds. The van der Waals surface area contributed by atoms with E-state index in [2.05, 4.69) is 30.1 Å². The Morgan fingerprint density at radius 2 is 1.96 bits per heavy atom. The predicted molar refractivity (Wildman–Crippen MR) is 106 cm³/mol. The van der Waals surface area contributed by atoms with E-state index in [9.17, 15) is 13.2 Å². The van der Waals surface area contributed by atoms with Gasteiger partial charge in [0.1, 0.15) is 11.6 Å². The molecule has 3 heterocycles. The van der Waals surface area contributed by atoms with Crippen molar-refractivity contribution in [3.8, 4) is 0 Å². The van der Waals surface area contributed by atoms with Crippen LogP contribution in [0.25, 0.3) is 0 Å². The van der Waals surface area contributed by atoms with E-state index in [4.69, 9.17) is 0 Å². The number of anilines is 2. The monoisotopic (exact) mass is 407 g/mol. The van der Waals surface area contributed by atoms with Gasteiger partial charge in [0, 0.05) is 32.3 Å². The number of hydrogen-bond acceptors (Lipinski definition) is 7. The number of hydrogen-bond donors (Lipinski definition) is 2. The highest BCUT2D eigenvalue weighted by molar-refractivity contribution is 7.88. The van der Waals surface area contributed by atoms with Crippen LogP contribution in [0.1, 0.15) is 31.2 Å². The van der Waals surface area contributed by atoms with Crippen LogP contribution in [-0.2, 0) is 21.4 Å². The van der Waals surface area contributed by atoms with Gasteiger partial charge in [-0.3, -0.25) is 9.36 Å². The lowest BCUT2D eigenvalue weighted by Gasteiger charge is -2.32. The average Bonchev–Trinajstić information content (AvgIpc) is 2.96. The molecule has 2 aromatic rings. The van der Waals surface area contributed by atoms with Crippen LogP contribution in [0.3, 0.4) is 0 Å². The molecule has 0 bridgehead atoms. The van der Waals surface area contributed by atoms with Gasteiger partial charge in [-0.05, 0) is 31.4 Å². The summed E-state index contributed by atoms with van der Waals surface area (Å²) in [5.74, 6) is 1.90. The van der Waals surface area contributed by atoms with Gasteiger partial charge in [-0.1, -0.05) is 6.07 Å². The van der Waals surface area contributed by atoms with Crippen molar-refractivity contribution < 1.29 is 13.2 Å². The highest BCUT2D eigenvalue weighted by atomic mass is 32.2. The van der Waals surface area contributed by atoms with Crippen molar-refractivity contribution >= 4 is 27.7 Å². The molecule has 0 radical (unpaired) electrons. The summed E-state index contributed by atoms with van der Waals surface area (Å²) in [6.07, 6.45) is 4.33. The summed E-state index contributed by atoms with van der Waals surface area (Å²) in [5.41, 5.74) is 0.965. The number of rotatable bonds is 6. The van der Waals surface area contributed by atoms with Crippen molar-refractivity contribution in [2.24, 2.45) is 0 Å². The number of sulfonamides is 1. The van der Waals surface area contributed by atoms with E-state index < -0.39 is 10.0 Å². The van der Waals surface area contributed by atoms with Crippen LogP contribution >= 0.6 is 0 Å². The molecule has 11 heteroatoms. The zero-order chi connectivity index (χ0) is 20.3. The molecule has 1 aliphatic rings. The number of aryl methyl sites for hydroxylation is 1. The molecule has 28 heavy (non-hydrogen) atoms. The van der Waals surface area contributed by atoms with Crippen molar-refractivity contribution in [1.29, 1.82) is 0 Å². The van der Waals surface area contributed by atoms with Crippen molar-refractivity contribution in [1.82, 2.24) is 24.5 Å². The summed E-state index contributed by atoms with van der Waals surface area (Å²) < 4.78 is 27.5. The normalized spacial score (nSPS) is 15.6. The van der Waals surface area contributed by atoms with Crippen LogP contribution in [0.2, 0.25) is 0 Å². The second-order valence-corrected chi connectivity index (χ2v) is 8.80. The molecule has 0 unspecified atom stereocenters. The van der Waals surface area contributed by atoms with Crippen LogP contribution in [0.4, 0.5) is 11.8 Å². The molecule has 3 rings (SSSR count). The average molecular weight is 408 g/mol. The largest absolute Gasteiger partial charge is 0.341 e. The van der Waals surface area contributed by atoms with E-state index >= 15 is 0 Å². The summed E-state index contributed by atoms with van der Waals surface area (Å²) in [6, 6.07) is 3.62. The molecule has 1 fully saturated rings. The molecular weight excluding hydrogens is 382 g/mol. The van der Waals surface area contributed by atoms with Gasteiger partial charge >= 0.3 is 0 Å². The van der Waals surface area contributed by atoms with E-state index in [0.29, 0.717) is 38.3 Å². The number of aromatic nitrogens is 4. The second-order valence-electron chi connectivity index (χ2n) is 7.02. The van der Waals surface area contributed by atoms with Gasteiger partial charge in [0.05, 0.1) is 12.8 Å². The Kier molecular flexibility index (Phi) is 5.94. The van der Waals surface area contributed by atoms with Crippen LogP contribution in [-0.4, -0.2) is 59.5 Å². The molecule has 1 aliphatic heterocycles. The lowest BCUT2D eigenvalue weighted by molar-refractivity contribution is -0.114. The van der Waals surface area contributed by atoms with E-state index in [1.807, 2.05) is 17.6 Å². The maximum atomic E-state index is 11.4. The zero-order valence-electron chi connectivity index (χ0n) is 16.2. The fourth-order valence-electron chi connectivity index (χ4n) is 3.24. The molecule has 2 N–H and O–H groups in total. The summed E-state index contributed by atoms with van der Waals surface area (Å²) in [7, 11) is -3.20. The van der Waals surface area contributed by atoms with Crippen LogP contribution < -0.4 is 14.9 Å². The third-order valence-electron chi connectivity index (χ3n) is 4.54. The van der Waals surface area contributed by atoms with E-state index in [-0.39, 0.29) is 11.9 Å². The number of amides is 1. The van der Waals surface area contributed by atoms with Gasteiger partial charge in [-0.2, -0.15) is 0 Å². The lowest BCUT2D eigenvalue weighted by Crippen LogP contribution is -2.45. The van der Waals surface area contributed by atoms with Crippen molar-refractivity contribution in [2.75, 3.05) is 29.6 Å². The number of pyridine rings is 1. The SMILES string of the molecule is CC(=O)Nc1ccc(Cn2c(C)nnc2N2CCC(NS(C)(=O)=O)CC2)cn1. The summed E-state index contributed by atoms with van der Waals surface area (Å²) in [6.45, 7) is 5.30. The first kappa shape index (κ1) is 20.2. The third-order valence-corrected chi connectivity index (χ3v) is 5.31. The van der Waals surface area contributed by atoms with E-state index in [1.165, 1.54) is 13.2 Å². The number of piperidine rings is 1. The maximum absolute atomic E-state index is 11.4. The molecule has 0 spiro atoms. The minimum atomic E-state index is -3.20. The van der Waals surface area contributed by atoms with E-state index in [0.717, 1.165) is 17.3 Å². The summed E-state index contributed by atoms with van der Waals surface area (Å²) in [5, 5.41) is 11.2. The van der Waals surface area contributed by atoms with Crippen LogP contribution in [0.15, 0.2) is 18.3 Å². The standard InChI is InChI=1S/C17H25N7O3S/c1-12-20-21-17(23-8-6-15(7-9-23)22-28(3,26)27)24(12)11-14-4-5-16(18-10-14)19-13(2)25/h4-5,10,15,22H,6-9,11H2,1-3H3,(H,18,19,25). The van der Waals surface area contributed by atoms with Gasteiger partial charge in [-0.25, -0.2) is 18.1 Å². The highest BCUT2D eigenvalue weighted by Gasteiger charge is 2.25. The smallest absolute Gasteiger partial charge is 0.227 e. The van der Waals surface area contributed by atoms with Gasteiger partial charge in [-0.15, -0.1) is 10.2 Å². The number of carbonyl (C=O) groups excluding carboxylic acids is 1. The van der Waals surface area contributed by atoms with Crippen LogP contribution in [0.5, 0.6) is 0 Å². The topological polar surface area (TPSA) is 122 Å². The first-order chi connectivity index (χ1) is 13.2. The Balaban J connectivity index is 1.68. The first-order valence-corrected chi connectivity index (χ1v) is 10.9. The molecule has 0 aromatic carbocycles. The molecule has 152 valence electrons. The second kappa shape index (κ2) is 8.23. The van der Waals surface area contributed by atoms with Gasteiger partial charge in [0.25, 0.3) is 0 Å². The zero-order valence-corrected chi connectivity index (χ0v) is 17.0. The Labute approximate surface area is 164 Å². The van der Waals surface area contributed by atoms with Crippen molar-refractivity contribution in [2.45, 2.75) is 39.3 Å². The number of nitrogens with zero attached hydrogens (tertiary/aromatic N) is 5. The maximum Gasteiger partial charge on any atom is 0.227 e. The Hall–Kier alpha value is -2.53. The number of carbonyl (C=O) groups is 1. The van der Waals surface area contributed by atoms with Crippen molar-refractivity contribution in [3.63, 3.8) is 0 Å². The molecule has 1 saturated heterocycles. The molecule has 0 atom stereocenters. The Morgan fingerprint density at radius 1 is 1.25 bits per heavy atom. The molecule has 0 saturated carbocycles. The molecule has 0 aliphatic carbocycles. The van der Waals surface area contributed by atoms with Gasteiger partial charge in [0.2, 0.25) is 21.9 Å². The van der Waals surface area contributed by atoms with E-state index in [1.54, 1.807) is 12.3 Å². The van der Waals surface area contributed by atoms with Crippen LogP contribution in [0, 0.1) is 6.92 Å². The van der Waals surface area contributed by atoms with Gasteiger partial charge < -0.3 is 10.2 Å². The predicted octanol–water partition coefficient (Wildman–Crippen LogP) is 0.506. The molecule has 2 aromatic heterocycles. The lowest BCUT2D eigenvalue weighted by atomic mass is 10.1. The minimum Gasteiger partial charge on any atom is -0.341 e. The fraction of sp³-hybridized carbons (Fsp3) is 0.529. The third kappa shape index (κ3) is 5.26.